The SMILES string of the molecule is O=C(Nc1nc2cc3c(cc2s1)OCCO3)c1cccc(NS(=O)(=O)c2ccc(F)cc2)c1. The summed E-state index contributed by atoms with van der Waals surface area (Å²) in [6.07, 6.45) is 0. The van der Waals surface area contributed by atoms with E-state index in [1.165, 1.54) is 23.5 Å². The van der Waals surface area contributed by atoms with Gasteiger partial charge in [-0.3, -0.25) is 14.8 Å². The van der Waals surface area contributed by atoms with Gasteiger partial charge >= 0.3 is 0 Å². The molecule has 0 spiro atoms. The fourth-order valence-electron chi connectivity index (χ4n) is 3.24. The summed E-state index contributed by atoms with van der Waals surface area (Å²) in [6.45, 7) is 0.940. The molecule has 5 rings (SSSR count). The highest BCUT2D eigenvalue weighted by atomic mass is 32.2. The number of benzene rings is 3. The number of anilines is 2. The van der Waals surface area contributed by atoms with Crippen LogP contribution < -0.4 is 19.5 Å². The van der Waals surface area contributed by atoms with Gasteiger partial charge in [-0.15, -0.1) is 0 Å². The highest BCUT2D eigenvalue weighted by Crippen LogP contribution is 2.38. The van der Waals surface area contributed by atoms with Gasteiger partial charge in [0.1, 0.15) is 19.0 Å². The fraction of sp³-hybridized carbons (Fsp3) is 0.0909. The largest absolute Gasteiger partial charge is 0.486 e. The van der Waals surface area contributed by atoms with Gasteiger partial charge in [0.2, 0.25) is 0 Å². The van der Waals surface area contributed by atoms with E-state index < -0.39 is 21.7 Å². The molecule has 1 aliphatic rings. The molecule has 1 aliphatic heterocycles. The monoisotopic (exact) mass is 485 g/mol. The topological polar surface area (TPSA) is 107 Å². The van der Waals surface area contributed by atoms with E-state index in [1.807, 2.05) is 6.07 Å². The lowest BCUT2D eigenvalue weighted by atomic mass is 10.2. The molecule has 0 saturated carbocycles. The third kappa shape index (κ3) is 4.45. The van der Waals surface area contributed by atoms with Crippen LogP contribution >= 0.6 is 11.3 Å². The maximum Gasteiger partial charge on any atom is 0.261 e. The Morgan fingerprint density at radius 1 is 1.00 bits per heavy atom. The minimum atomic E-state index is -3.94. The Kier molecular flexibility index (Phi) is 5.35. The van der Waals surface area contributed by atoms with Gasteiger partial charge in [-0.05, 0) is 42.5 Å². The maximum absolute atomic E-state index is 13.1. The minimum Gasteiger partial charge on any atom is -0.486 e. The summed E-state index contributed by atoms with van der Waals surface area (Å²) in [7, 11) is -3.94. The van der Waals surface area contributed by atoms with Crippen LogP contribution in [0.15, 0.2) is 65.6 Å². The van der Waals surface area contributed by atoms with Crippen molar-refractivity contribution in [3.05, 3.63) is 72.0 Å². The number of hydrogen-bond acceptors (Lipinski definition) is 7. The first-order valence-electron chi connectivity index (χ1n) is 9.77. The molecule has 3 aromatic carbocycles. The first kappa shape index (κ1) is 21.2. The van der Waals surface area contributed by atoms with Crippen LogP contribution in [0.25, 0.3) is 10.2 Å². The summed E-state index contributed by atoms with van der Waals surface area (Å²) < 4.78 is 52.5. The van der Waals surface area contributed by atoms with Crippen LogP contribution in [0, 0.1) is 5.82 Å². The Hall–Kier alpha value is -3.70. The lowest BCUT2D eigenvalue weighted by Crippen LogP contribution is -2.15. The molecule has 1 amide bonds. The summed E-state index contributed by atoms with van der Waals surface area (Å²) in [5.74, 6) is 0.256. The number of ether oxygens (including phenoxy) is 2. The normalized spacial score (nSPS) is 13.0. The van der Waals surface area contributed by atoms with E-state index in [-0.39, 0.29) is 16.1 Å². The van der Waals surface area contributed by atoms with Crippen LogP contribution in [-0.4, -0.2) is 32.5 Å². The summed E-state index contributed by atoms with van der Waals surface area (Å²) >= 11 is 1.28. The molecule has 0 aliphatic carbocycles. The van der Waals surface area contributed by atoms with E-state index in [0.29, 0.717) is 35.4 Å². The minimum absolute atomic E-state index is 0.0936. The number of carbonyl (C=O) groups excluding carboxylic acids is 1. The molecule has 0 atom stereocenters. The van der Waals surface area contributed by atoms with Gasteiger partial charge in [-0.25, -0.2) is 17.8 Å². The van der Waals surface area contributed by atoms with Gasteiger partial charge in [-0.2, -0.15) is 0 Å². The van der Waals surface area contributed by atoms with Crippen LogP contribution in [-0.2, 0) is 10.0 Å². The highest BCUT2D eigenvalue weighted by molar-refractivity contribution is 7.92. The third-order valence-corrected chi connectivity index (χ3v) is 7.10. The Bertz CT molecular complexity index is 1430. The average Bonchev–Trinajstić information content (AvgIpc) is 3.18. The predicted molar refractivity (Wildman–Crippen MR) is 122 cm³/mol. The number of rotatable bonds is 5. The molecule has 0 fully saturated rings. The molecule has 168 valence electrons. The van der Waals surface area contributed by atoms with Crippen LogP contribution in [0.3, 0.4) is 0 Å². The van der Waals surface area contributed by atoms with Crippen molar-refractivity contribution in [3.8, 4) is 11.5 Å². The molecular formula is C22H16FN3O5S2. The zero-order chi connectivity index (χ0) is 23.0. The molecule has 0 saturated heterocycles. The van der Waals surface area contributed by atoms with Crippen molar-refractivity contribution in [1.82, 2.24) is 4.98 Å². The molecule has 0 radical (unpaired) electrons. The van der Waals surface area contributed by atoms with Gasteiger partial charge in [0, 0.05) is 23.4 Å². The van der Waals surface area contributed by atoms with Crippen molar-refractivity contribution in [3.63, 3.8) is 0 Å². The summed E-state index contributed by atoms with van der Waals surface area (Å²) in [6, 6.07) is 14.1. The van der Waals surface area contributed by atoms with Gasteiger partial charge in [0.25, 0.3) is 15.9 Å². The number of aromatic nitrogens is 1. The van der Waals surface area contributed by atoms with Gasteiger partial charge in [0.15, 0.2) is 16.6 Å². The van der Waals surface area contributed by atoms with Crippen LogP contribution in [0.4, 0.5) is 15.2 Å². The van der Waals surface area contributed by atoms with E-state index in [0.717, 1.165) is 29.0 Å². The third-order valence-electron chi connectivity index (χ3n) is 4.77. The van der Waals surface area contributed by atoms with Gasteiger partial charge < -0.3 is 9.47 Å². The molecule has 11 heteroatoms. The number of carbonyl (C=O) groups is 1. The van der Waals surface area contributed by atoms with Gasteiger partial charge in [0.05, 0.1) is 15.1 Å². The number of sulfonamides is 1. The number of thiazole rings is 1. The van der Waals surface area contributed by atoms with Crippen molar-refractivity contribution in [1.29, 1.82) is 0 Å². The number of fused-ring (bicyclic) bond motifs is 2. The van der Waals surface area contributed by atoms with E-state index in [4.69, 9.17) is 9.47 Å². The molecule has 0 unspecified atom stereocenters. The van der Waals surface area contributed by atoms with Crippen LogP contribution in [0.1, 0.15) is 10.4 Å². The van der Waals surface area contributed by atoms with Crippen molar-refractivity contribution < 1.29 is 27.1 Å². The van der Waals surface area contributed by atoms with Crippen molar-refractivity contribution in [2.24, 2.45) is 0 Å². The lowest BCUT2D eigenvalue weighted by Gasteiger charge is -2.17. The number of nitrogens with one attached hydrogen (secondary N) is 2. The van der Waals surface area contributed by atoms with Gasteiger partial charge in [-0.1, -0.05) is 17.4 Å². The molecule has 33 heavy (non-hydrogen) atoms. The quantitative estimate of drug-likeness (QED) is 0.438. The molecule has 1 aromatic heterocycles. The van der Waals surface area contributed by atoms with E-state index in [2.05, 4.69) is 15.0 Å². The van der Waals surface area contributed by atoms with E-state index >= 15 is 0 Å². The molecule has 2 heterocycles. The molecule has 8 nitrogen and oxygen atoms in total. The lowest BCUT2D eigenvalue weighted by molar-refractivity contribution is 0.102. The first-order valence-corrected chi connectivity index (χ1v) is 12.1. The fourth-order valence-corrected chi connectivity index (χ4v) is 5.16. The van der Waals surface area contributed by atoms with E-state index in [1.54, 1.807) is 18.2 Å². The maximum atomic E-state index is 13.1. The Labute approximate surface area is 192 Å². The standard InChI is InChI=1S/C22H16FN3O5S2/c23-14-4-6-16(7-5-14)33(28,29)26-15-3-1-2-13(10-15)21(27)25-22-24-17-11-18-19(12-20(17)32-22)31-9-8-30-18/h1-7,10-12,26H,8-9H2,(H,24,25,27). The number of hydrogen-bond donors (Lipinski definition) is 2. The highest BCUT2D eigenvalue weighted by Gasteiger charge is 2.18. The molecular weight excluding hydrogens is 469 g/mol. The second-order valence-corrected chi connectivity index (χ2v) is 9.79. The Morgan fingerprint density at radius 3 is 2.48 bits per heavy atom. The van der Waals surface area contributed by atoms with Crippen molar-refractivity contribution >= 4 is 48.3 Å². The molecule has 4 aromatic rings. The number of amides is 1. The molecule has 0 bridgehead atoms. The average molecular weight is 486 g/mol. The predicted octanol–water partition coefficient (Wildman–Crippen LogP) is 4.26. The smallest absolute Gasteiger partial charge is 0.261 e. The van der Waals surface area contributed by atoms with E-state index in [9.17, 15) is 17.6 Å². The van der Waals surface area contributed by atoms with Crippen LogP contribution in [0.5, 0.6) is 11.5 Å². The summed E-state index contributed by atoms with van der Waals surface area (Å²) in [5, 5.41) is 3.12. The number of halogens is 1. The van der Waals surface area contributed by atoms with Crippen LogP contribution in [0.2, 0.25) is 0 Å². The second-order valence-electron chi connectivity index (χ2n) is 7.08. The van der Waals surface area contributed by atoms with Crippen molar-refractivity contribution in [2.45, 2.75) is 4.90 Å². The molecule has 2 N–H and O–H groups in total. The number of nitrogens with zero attached hydrogens (tertiary/aromatic N) is 1. The zero-order valence-corrected chi connectivity index (χ0v) is 18.5. The Balaban J connectivity index is 1.34. The summed E-state index contributed by atoms with van der Waals surface area (Å²) in [4.78, 5) is 17.1. The Morgan fingerprint density at radius 2 is 1.73 bits per heavy atom. The summed E-state index contributed by atoms with van der Waals surface area (Å²) in [5.41, 5.74) is 1.10. The first-order chi connectivity index (χ1) is 15.9. The second kappa shape index (κ2) is 8.34. The zero-order valence-electron chi connectivity index (χ0n) is 16.9. The van der Waals surface area contributed by atoms with Crippen molar-refractivity contribution in [2.75, 3.05) is 23.3 Å².